The molecule has 2 atom stereocenters. The zero-order valence-electron chi connectivity index (χ0n) is 13.8. The third kappa shape index (κ3) is 3.94. The summed E-state index contributed by atoms with van der Waals surface area (Å²) in [4.78, 5) is 11.6. The van der Waals surface area contributed by atoms with Crippen LogP contribution in [0.5, 0.6) is 0 Å². The molecule has 3 nitrogen and oxygen atoms in total. The Balaban J connectivity index is 2.93. The van der Waals surface area contributed by atoms with Crippen molar-refractivity contribution >= 4 is 23.2 Å². The van der Waals surface area contributed by atoms with Gasteiger partial charge in [0.05, 0.1) is 6.61 Å². The van der Waals surface area contributed by atoms with Gasteiger partial charge in [-0.2, -0.15) is 0 Å². The molecule has 0 aromatic heterocycles. The normalized spacial score (nSPS) is 23.1. The molecule has 1 saturated heterocycles. The number of hydrogen-bond acceptors (Lipinski definition) is 4. The molecule has 0 spiro atoms. The molecule has 1 aliphatic heterocycles. The van der Waals surface area contributed by atoms with Crippen molar-refractivity contribution in [2.45, 2.75) is 67.4 Å². The zero-order chi connectivity index (χ0) is 15.8. The second kappa shape index (κ2) is 5.63. The molecule has 0 amide bonds. The van der Waals surface area contributed by atoms with Crippen molar-refractivity contribution in [2.75, 3.05) is 6.61 Å². The monoisotopic (exact) mass is 300 g/mol. The van der Waals surface area contributed by atoms with Gasteiger partial charge < -0.3 is 9.47 Å². The Morgan fingerprint density at radius 1 is 1.25 bits per heavy atom. The highest BCUT2D eigenvalue weighted by atomic mass is 32.1. The first-order valence-corrected chi connectivity index (χ1v) is 7.65. The quantitative estimate of drug-likeness (QED) is 0.580. The lowest BCUT2D eigenvalue weighted by atomic mass is 9.61. The standard InChI is InChI=1S/C16H28O3S/c1-14(2,3)10-16(7,15(4,5)6)13(20)19-11-8-9-18-12(11)17/h11H,8-10H2,1-7H3. The lowest BCUT2D eigenvalue weighted by Gasteiger charge is -2.45. The van der Waals surface area contributed by atoms with Crippen molar-refractivity contribution in [3.05, 3.63) is 0 Å². The SMILES string of the molecule is CC(C)(C)CC(C)(C(=S)OC1CCOC1=O)C(C)(C)C. The minimum Gasteiger partial charge on any atom is -0.471 e. The highest BCUT2D eigenvalue weighted by Gasteiger charge is 2.46. The van der Waals surface area contributed by atoms with E-state index in [1.165, 1.54) is 0 Å². The van der Waals surface area contributed by atoms with Gasteiger partial charge in [0.2, 0.25) is 0 Å². The van der Waals surface area contributed by atoms with E-state index in [-0.39, 0.29) is 22.2 Å². The van der Waals surface area contributed by atoms with E-state index in [0.29, 0.717) is 18.1 Å². The minimum absolute atomic E-state index is 0.0418. The van der Waals surface area contributed by atoms with E-state index in [1.54, 1.807) is 0 Å². The van der Waals surface area contributed by atoms with E-state index < -0.39 is 6.10 Å². The summed E-state index contributed by atoms with van der Waals surface area (Å²) in [5, 5.41) is 0.531. The summed E-state index contributed by atoms with van der Waals surface area (Å²) in [5.74, 6) is -0.292. The van der Waals surface area contributed by atoms with Gasteiger partial charge in [-0.3, -0.25) is 0 Å². The first kappa shape index (κ1) is 17.4. The van der Waals surface area contributed by atoms with Crippen LogP contribution >= 0.6 is 12.2 Å². The first-order chi connectivity index (χ1) is 8.87. The molecule has 0 radical (unpaired) electrons. The van der Waals surface area contributed by atoms with Crippen LogP contribution in [0.3, 0.4) is 0 Å². The number of thiocarbonyl (C=S) groups is 1. The van der Waals surface area contributed by atoms with Gasteiger partial charge in [0.25, 0.3) is 0 Å². The van der Waals surface area contributed by atoms with Crippen LogP contribution in [-0.2, 0) is 14.3 Å². The van der Waals surface area contributed by atoms with E-state index in [2.05, 4.69) is 48.5 Å². The fourth-order valence-electron chi connectivity index (χ4n) is 2.55. The molecular weight excluding hydrogens is 272 g/mol. The van der Waals surface area contributed by atoms with Gasteiger partial charge in [-0.05, 0) is 29.5 Å². The number of ether oxygens (including phenoxy) is 2. The summed E-state index contributed by atoms with van der Waals surface area (Å²) >= 11 is 5.56. The molecule has 1 aliphatic rings. The molecule has 0 bridgehead atoms. The van der Waals surface area contributed by atoms with Gasteiger partial charge >= 0.3 is 5.97 Å². The molecule has 4 heteroatoms. The molecule has 1 fully saturated rings. The molecule has 20 heavy (non-hydrogen) atoms. The summed E-state index contributed by atoms with van der Waals surface area (Å²) in [6.45, 7) is 15.7. The Morgan fingerprint density at radius 2 is 1.80 bits per heavy atom. The number of hydrogen-bond donors (Lipinski definition) is 0. The van der Waals surface area contributed by atoms with Crippen LogP contribution in [0.1, 0.15) is 61.3 Å². The average molecular weight is 300 g/mol. The Labute approximate surface area is 128 Å². The minimum atomic E-state index is -0.524. The fourth-order valence-corrected chi connectivity index (χ4v) is 3.04. The third-order valence-corrected chi connectivity index (χ3v) is 4.67. The van der Waals surface area contributed by atoms with Crippen molar-refractivity contribution < 1.29 is 14.3 Å². The Hall–Kier alpha value is -0.640. The van der Waals surface area contributed by atoms with Crippen molar-refractivity contribution in [3.8, 4) is 0 Å². The summed E-state index contributed by atoms with van der Waals surface area (Å²) in [5.41, 5.74) is -0.186. The third-order valence-electron chi connectivity index (χ3n) is 4.13. The predicted octanol–water partition coefficient (Wildman–Crippen LogP) is 4.13. The molecule has 0 saturated carbocycles. The van der Waals surface area contributed by atoms with E-state index in [0.717, 1.165) is 6.42 Å². The van der Waals surface area contributed by atoms with Crippen LogP contribution in [0.4, 0.5) is 0 Å². The Kier molecular flexibility index (Phi) is 4.90. The van der Waals surface area contributed by atoms with Crippen LogP contribution in [-0.4, -0.2) is 23.7 Å². The highest BCUT2D eigenvalue weighted by molar-refractivity contribution is 7.80. The largest absolute Gasteiger partial charge is 0.471 e. The lowest BCUT2D eigenvalue weighted by molar-refractivity contribution is -0.144. The molecule has 0 aliphatic carbocycles. The maximum atomic E-state index is 11.6. The van der Waals surface area contributed by atoms with Crippen molar-refractivity contribution in [1.82, 2.24) is 0 Å². The smallest absolute Gasteiger partial charge is 0.347 e. The lowest BCUT2D eigenvalue weighted by Crippen LogP contribution is -2.45. The van der Waals surface area contributed by atoms with E-state index in [1.807, 2.05) is 0 Å². The van der Waals surface area contributed by atoms with Crippen LogP contribution in [0.2, 0.25) is 0 Å². The van der Waals surface area contributed by atoms with Gasteiger partial charge in [-0.1, -0.05) is 48.5 Å². The van der Waals surface area contributed by atoms with Gasteiger partial charge in [0.15, 0.2) is 11.2 Å². The number of carbonyl (C=O) groups excluding carboxylic acids is 1. The molecule has 116 valence electrons. The van der Waals surface area contributed by atoms with Crippen LogP contribution in [0.15, 0.2) is 0 Å². The van der Waals surface area contributed by atoms with E-state index >= 15 is 0 Å². The molecule has 0 N–H and O–H groups in total. The second-order valence-corrected chi connectivity index (χ2v) is 8.54. The van der Waals surface area contributed by atoms with Gasteiger partial charge in [-0.25, -0.2) is 4.79 Å². The zero-order valence-corrected chi connectivity index (χ0v) is 14.6. The van der Waals surface area contributed by atoms with Crippen LogP contribution in [0.25, 0.3) is 0 Å². The fraction of sp³-hybridized carbons (Fsp3) is 0.875. The molecule has 0 aromatic rings. The topological polar surface area (TPSA) is 35.5 Å². The van der Waals surface area contributed by atoms with E-state index in [4.69, 9.17) is 21.7 Å². The molecule has 2 unspecified atom stereocenters. The molecule has 1 heterocycles. The summed E-state index contributed by atoms with van der Waals surface area (Å²) in [6.07, 6.45) is 0.975. The number of rotatable bonds is 3. The molecule has 1 rings (SSSR count). The van der Waals surface area contributed by atoms with Crippen molar-refractivity contribution in [1.29, 1.82) is 0 Å². The molecule has 0 aromatic carbocycles. The summed E-state index contributed by atoms with van der Waals surface area (Å²) < 4.78 is 10.8. The second-order valence-electron chi connectivity index (χ2n) is 8.17. The van der Waals surface area contributed by atoms with Crippen LogP contribution in [0, 0.1) is 16.2 Å². The Bertz CT molecular complexity index is 390. The van der Waals surface area contributed by atoms with Gasteiger partial charge in [0.1, 0.15) is 0 Å². The molecular formula is C16H28O3S. The number of cyclic esters (lactones) is 1. The Morgan fingerprint density at radius 3 is 2.15 bits per heavy atom. The predicted molar refractivity (Wildman–Crippen MR) is 84.7 cm³/mol. The number of carbonyl (C=O) groups is 1. The van der Waals surface area contributed by atoms with Gasteiger partial charge in [-0.15, -0.1) is 0 Å². The number of esters is 1. The van der Waals surface area contributed by atoms with Crippen LogP contribution < -0.4 is 0 Å². The maximum Gasteiger partial charge on any atom is 0.347 e. The summed E-state index contributed by atoms with van der Waals surface area (Å²) in [7, 11) is 0. The highest BCUT2D eigenvalue weighted by Crippen LogP contribution is 2.48. The summed E-state index contributed by atoms with van der Waals surface area (Å²) in [6, 6.07) is 0. The van der Waals surface area contributed by atoms with Crippen molar-refractivity contribution in [2.24, 2.45) is 16.2 Å². The van der Waals surface area contributed by atoms with E-state index in [9.17, 15) is 4.79 Å². The maximum absolute atomic E-state index is 11.6. The van der Waals surface area contributed by atoms with Gasteiger partial charge in [0, 0.05) is 11.8 Å². The average Bonchev–Trinajstić information content (AvgIpc) is 2.60. The first-order valence-electron chi connectivity index (χ1n) is 7.24. The van der Waals surface area contributed by atoms with Crippen molar-refractivity contribution in [3.63, 3.8) is 0 Å².